The minimum absolute atomic E-state index is 0.102. The molecule has 7 nitrogen and oxygen atoms in total. The summed E-state index contributed by atoms with van der Waals surface area (Å²) < 4.78 is 21.0. The first-order chi connectivity index (χ1) is 14.0. The first kappa shape index (κ1) is 20.5. The first-order valence-electron chi connectivity index (χ1n) is 8.98. The van der Waals surface area contributed by atoms with Crippen LogP contribution in [0.4, 0.5) is 5.69 Å². The van der Waals surface area contributed by atoms with E-state index in [0.717, 1.165) is 0 Å². The predicted octanol–water partition coefficient (Wildman–Crippen LogP) is 4.05. The highest BCUT2D eigenvalue weighted by atomic mass is 35.5. The van der Waals surface area contributed by atoms with E-state index in [9.17, 15) is 9.59 Å². The number of halogens is 1. The van der Waals surface area contributed by atoms with Crippen LogP contribution in [0.1, 0.15) is 19.4 Å². The van der Waals surface area contributed by atoms with Crippen molar-refractivity contribution in [2.75, 3.05) is 18.7 Å². The van der Waals surface area contributed by atoms with Crippen LogP contribution in [0.5, 0.6) is 17.2 Å². The highest BCUT2D eigenvalue weighted by Gasteiger charge is 2.19. The van der Waals surface area contributed by atoms with Crippen LogP contribution < -0.4 is 19.5 Å². The van der Waals surface area contributed by atoms with Gasteiger partial charge < -0.3 is 24.3 Å². The summed E-state index contributed by atoms with van der Waals surface area (Å²) in [5.41, 5.74) is 1.22. The van der Waals surface area contributed by atoms with Crippen molar-refractivity contribution in [1.29, 1.82) is 0 Å². The molecule has 3 rings (SSSR count). The van der Waals surface area contributed by atoms with Gasteiger partial charge in [0, 0.05) is 11.8 Å². The van der Waals surface area contributed by atoms with Crippen molar-refractivity contribution in [3.63, 3.8) is 0 Å². The van der Waals surface area contributed by atoms with Crippen molar-refractivity contribution in [3.05, 3.63) is 53.1 Å². The molecule has 2 aromatic carbocycles. The summed E-state index contributed by atoms with van der Waals surface area (Å²) in [5.74, 6) is 0.591. The molecule has 1 aliphatic rings. The summed E-state index contributed by atoms with van der Waals surface area (Å²) in [5, 5.41) is 3.07. The lowest BCUT2D eigenvalue weighted by molar-refractivity contribution is -0.148. The van der Waals surface area contributed by atoms with Gasteiger partial charge in [0.15, 0.2) is 17.6 Å². The highest BCUT2D eigenvalue weighted by Crippen LogP contribution is 2.40. The quantitative estimate of drug-likeness (QED) is 0.540. The van der Waals surface area contributed by atoms with Crippen molar-refractivity contribution in [1.82, 2.24) is 0 Å². The van der Waals surface area contributed by atoms with E-state index in [-0.39, 0.29) is 6.79 Å². The average Bonchev–Trinajstić information content (AvgIpc) is 3.17. The number of carbonyl (C=O) groups excluding carboxylic acids is 2. The molecule has 0 spiro atoms. The predicted molar refractivity (Wildman–Crippen MR) is 108 cm³/mol. The molecule has 1 aliphatic heterocycles. The number of benzene rings is 2. The van der Waals surface area contributed by atoms with Crippen LogP contribution in [0.15, 0.2) is 42.5 Å². The van der Waals surface area contributed by atoms with E-state index in [2.05, 4.69) is 5.32 Å². The molecule has 1 heterocycles. The minimum atomic E-state index is -0.973. The molecule has 1 amide bonds. The van der Waals surface area contributed by atoms with Gasteiger partial charge in [-0.2, -0.15) is 0 Å². The standard InChI is InChI=1S/C21H20ClNO6/c1-3-26-16-7-5-15(6-8-16)23-21(25)13(2)29-19(24)9-4-14-10-17(22)20-18(11-14)27-12-28-20/h4-11,13H,3,12H2,1-2H3,(H,23,25)/b9-4+/t13-/m0/s1. The third-order valence-electron chi connectivity index (χ3n) is 3.96. The van der Waals surface area contributed by atoms with Gasteiger partial charge in [-0.15, -0.1) is 0 Å². The monoisotopic (exact) mass is 417 g/mol. The van der Waals surface area contributed by atoms with Gasteiger partial charge in [-0.1, -0.05) is 11.6 Å². The Bertz CT molecular complexity index is 926. The third-order valence-corrected chi connectivity index (χ3v) is 4.24. The van der Waals surface area contributed by atoms with E-state index in [1.54, 1.807) is 36.4 Å². The molecule has 0 aliphatic carbocycles. The molecule has 0 fully saturated rings. The summed E-state index contributed by atoms with van der Waals surface area (Å²) in [6.07, 6.45) is 1.76. The maximum atomic E-state index is 12.2. The second kappa shape index (κ2) is 9.34. The second-order valence-electron chi connectivity index (χ2n) is 6.10. The fraction of sp³-hybridized carbons (Fsp3) is 0.238. The molecule has 0 radical (unpaired) electrons. The SMILES string of the molecule is CCOc1ccc(NC(=O)[C@H](C)OC(=O)/C=C/c2cc(Cl)c3c(c2)OCO3)cc1. The minimum Gasteiger partial charge on any atom is -0.494 e. The molecule has 2 aromatic rings. The lowest BCUT2D eigenvalue weighted by Gasteiger charge is -2.12. The molecule has 29 heavy (non-hydrogen) atoms. The highest BCUT2D eigenvalue weighted by molar-refractivity contribution is 6.32. The molecule has 0 aromatic heterocycles. The van der Waals surface area contributed by atoms with Gasteiger partial charge in [-0.3, -0.25) is 4.79 Å². The molecule has 1 N–H and O–H groups in total. The van der Waals surface area contributed by atoms with Gasteiger partial charge in [-0.05, 0) is 61.9 Å². The number of ether oxygens (including phenoxy) is 4. The van der Waals surface area contributed by atoms with Gasteiger partial charge in [0.25, 0.3) is 5.91 Å². The number of hydrogen-bond donors (Lipinski definition) is 1. The molecule has 1 atom stereocenters. The maximum absolute atomic E-state index is 12.2. The summed E-state index contributed by atoms with van der Waals surface area (Å²) in [6.45, 7) is 4.05. The number of hydrogen-bond acceptors (Lipinski definition) is 6. The van der Waals surface area contributed by atoms with Crippen molar-refractivity contribution in [2.45, 2.75) is 20.0 Å². The smallest absolute Gasteiger partial charge is 0.331 e. The van der Waals surface area contributed by atoms with Gasteiger partial charge in [-0.25, -0.2) is 4.79 Å². The Kier molecular flexibility index (Phi) is 6.61. The lowest BCUT2D eigenvalue weighted by Crippen LogP contribution is -2.29. The summed E-state index contributed by atoms with van der Waals surface area (Å²) in [6, 6.07) is 10.2. The largest absolute Gasteiger partial charge is 0.494 e. The van der Waals surface area contributed by atoms with Crippen LogP contribution in [0.2, 0.25) is 5.02 Å². The number of rotatable bonds is 7. The van der Waals surface area contributed by atoms with E-state index in [4.69, 9.17) is 30.5 Å². The van der Waals surface area contributed by atoms with Crippen LogP contribution >= 0.6 is 11.6 Å². The van der Waals surface area contributed by atoms with Crippen molar-refractivity contribution >= 4 is 35.2 Å². The van der Waals surface area contributed by atoms with Crippen LogP contribution in [0.25, 0.3) is 6.08 Å². The second-order valence-corrected chi connectivity index (χ2v) is 6.50. The molecule has 0 saturated carbocycles. The average molecular weight is 418 g/mol. The van der Waals surface area contributed by atoms with Gasteiger partial charge >= 0.3 is 5.97 Å². The van der Waals surface area contributed by atoms with Crippen LogP contribution in [-0.4, -0.2) is 31.4 Å². The van der Waals surface area contributed by atoms with Crippen LogP contribution in [0, 0.1) is 0 Å². The fourth-order valence-electron chi connectivity index (χ4n) is 2.56. The molecule has 0 saturated heterocycles. The van der Waals surface area contributed by atoms with Gasteiger partial charge in [0.05, 0.1) is 11.6 Å². The number of anilines is 1. The summed E-state index contributed by atoms with van der Waals surface area (Å²) >= 11 is 6.10. The summed E-state index contributed by atoms with van der Waals surface area (Å²) in [7, 11) is 0. The van der Waals surface area contributed by atoms with Crippen molar-refractivity contribution < 1.29 is 28.5 Å². The Morgan fingerprint density at radius 2 is 2.00 bits per heavy atom. The first-order valence-corrected chi connectivity index (χ1v) is 9.35. The van der Waals surface area contributed by atoms with Crippen molar-refractivity contribution in [3.8, 4) is 17.2 Å². The molecular formula is C21H20ClNO6. The Morgan fingerprint density at radius 3 is 2.72 bits per heavy atom. The normalized spacial score (nSPS) is 13.2. The van der Waals surface area contributed by atoms with E-state index in [1.165, 1.54) is 19.1 Å². The molecule has 152 valence electrons. The zero-order valence-corrected chi connectivity index (χ0v) is 16.7. The molecular weight excluding hydrogens is 398 g/mol. The number of fused-ring (bicyclic) bond motifs is 1. The Morgan fingerprint density at radius 1 is 1.24 bits per heavy atom. The zero-order valence-electron chi connectivity index (χ0n) is 15.9. The van der Waals surface area contributed by atoms with Gasteiger partial charge in [0.2, 0.25) is 6.79 Å². The Hall–Kier alpha value is -3.19. The fourth-order valence-corrected chi connectivity index (χ4v) is 2.83. The van der Waals surface area contributed by atoms with Crippen LogP contribution in [-0.2, 0) is 14.3 Å². The third kappa shape index (κ3) is 5.42. The molecule has 0 unspecified atom stereocenters. The Balaban J connectivity index is 1.53. The zero-order chi connectivity index (χ0) is 20.8. The topological polar surface area (TPSA) is 83.1 Å². The number of nitrogens with one attached hydrogen (secondary N) is 1. The van der Waals surface area contributed by atoms with E-state index in [1.807, 2.05) is 6.92 Å². The van der Waals surface area contributed by atoms with Gasteiger partial charge in [0.1, 0.15) is 5.75 Å². The number of amides is 1. The van der Waals surface area contributed by atoms with E-state index >= 15 is 0 Å². The van der Waals surface area contributed by atoms with Crippen molar-refractivity contribution in [2.24, 2.45) is 0 Å². The molecule has 8 heteroatoms. The lowest BCUT2D eigenvalue weighted by atomic mass is 10.2. The maximum Gasteiger partial charge on any atom is 0.331 e. The van der Waals surface area contributed by atoms with Crippen LogP contribution in [0.3, 0.4) is 0 Å². The molecule has 0 bridgehead atoms. The number of esters is 1. The van der Waals surface area contributed by atoms with E-state index < -0.39 is 18.0 Å². The Labute approximate surface area is 173 Å². The summed E-state index contributed by atoms with van der Waals surface area (Å²) in [4.78, 5) is 24.2. The number of carbonyl (C=O) groups is 2. The van der Waals surface area contributed by atoms with E-state index in [0.29, 0.717) is 40.1 Å².